The predicted molar refractivity (Wildman–Crippen MR) is 51.8 cm³/mol. The summed E-state index contributed by atoms with van der Waals surface area (Å²) in [6.07, 6.45) is 0.498. The van der Waals surface area contributed by atoms with E-state index in [2.05, 4.69) is 5.32 Å². The van der Waals surface area contributed by atoms with Gasteiger partial charge in [-0.25, -0.2) is 0 Å². The zero-order valence-corrected chi connectivity index (χ0v) is 8.19. The predicted octanol–water partition coefficient (Wildman–Crippen LogP) is 2.79. The summed E-state index contributed by atoms with van der Waals surface area (Å²) < 4.78 is 27.4. The Bertz CT molecular complexity index is 337. The first-order valence-electron chi connectivity index (χ1n) is 4.48. The molecule has 1 heterocycles. The molecule has 0 radical (unpaired) electrons. The van der Waals surface area contributed by atoms with E-state index in [4.69, 9.17) is 11.6 Å². The summed E-state index contributed by atoms with van der Waals surface area (Å²) in [4.78, 5) is 0. The molecule has 1 atom stereocenters. The summed E-state index contributed by atoms with van der Waals surface area (Å²) >= 11 is 5.73. The third-order valence-corrected chi connectivity index (χ3v) is 2.82. The number of benzene rings is 1. The fourth-order valence-corrected chi connectivity index (χ4v) is 1.78. The molecule has 1 unspecified atom stereocenters. The molecular weight excluding hydrogens is 208 g/mol. The molecular formula is C10H10ClF2N. The molecule has 1 aliphatic rings. The lowest BCUT2D eigenvalue weighted by Crippen LogP contribution is -2.53. The normalized spacial score (nSPS) is 21.8. The van der Waals surface area contributed by atoms with Gasteiger partial charge in [-0.1, -0.05) is 29.8 Å². The molecule has 76 valence electrons. The smallest absolute Gasteiger partial charge is 0.289 e. The lowest BCUT2D eigenvalue weighted by Gasteiger charge is -2.35. The second kappa shape index (κ2) is 3.48. The number of alkyl halides is 2. The van der Waals surface area contributed by atoms with Gasteiger partial charge in [0.2, 0.25) is 0 Å². The molecule has 1 nitrogen and oxygen atoms in total. The van der Waals surface area contributed by atoms with Gasteiger partial charge in [0, 0.05) is 10.6 Å². The topological polar surface area (TPSA) is 12.0 Å². The van der Waals surface area contributed by atoms with E-state index in [0.29, 0.717) is 13.0 Å². The van der Waals surface area contributed by atoms with Crippen molar-refractivity contribution in [1.29, 1.82) is 0 Å². The van der Waals surface area contributed by atoms with Crippen LogP contribution in [0.4, 0.5) is 8.78 Å². The summed E-state index contributed by atoms with van der Waals surface area (Å²) in [5.74, 6) is -2.86. The number of hydrogen-bond donors (Lipinski definition) is 1. The molecule has 1 aliphatic heterocycles. The van der Waals surface area contributed by atoms with Crippen molar-refractivity contribution in [2.24, 2.45) is 0 Å². The summed E-state index contributed by atoms with van der Waals surface area (Å²) in [6, 6.07) is 5.33. The lowest BCUT2D eigenvalue weighted by molar-refractivity contribution is -0.0645. The molecule has 0 saturated carbocycles. The molecule has 1 aromatic rings. The minimum Gasteiger partial charge on any atom is -0.308 e. The second-order valence-corrected chi connectivity index (χ2v) is 3.81. The first kappa shape index (κ1) is 9.87. The lowest BCUT2D eigenvalue weighted by atomic mass is 9.94. The Morgan fingerprint density at radius 2 is 2.00 bits per heavy atom. The minimum atomic E-state index is -2.86. The fraction of sp³-hybridized carbons (Fsp3) is 0.400. The Morgan fingerprint density at radius 3 is 2.50 bits per heavy atom. The van der Waals surface area contributed by atoms with Crippen molar-refractivity contribution in [2.75, 3.05) is 6.54 Å². The number of halogens is 3. The Labute approximate surface area is 86.1 Å². The summed E-state index contributed by atoms with van der Waals surface area (Å²) in [5.41, 5.74) is -0.0844. The molecule has 0 aliphatic carbocycles. The zero-order valence-electron chi connectivity index (χ0n) is 7.43. The summed E-state index contributed by atoms with van der Waals surface area (Å²) in [5, 5.41) is 2.83. The van der Waals surface area contributed by atoms with Crippen LogP contribution < -0.4 is 5.32 Å². The van der Waals surface area contributed by atoms with Crippen LogP contribution in [-0.4, -0.2) is 12.6 Å². The minimum absolute atomic E-state index is 0.0844. The van der Waals surface area contributed by atoms with Crippen LogP contribution in [0.2, 0.25) is 5.02 Å². The molecule has 0 spiro atoms. The third kappa shape index (κ3) is 1.51. The van der Waals surface area contributed by atoms with Crippen LogP contribution in [-0.2, 0) is 5.92 Å². The average molecular weight is 218 g/mol. The maximum absolute atomic E-state index is 13.7. The third-order valence-electron chi connectivity index (χ3n) is 2.49. The van der Waals surface area contributed by atoms with E-state index in [9.17, 15) is 8.78 Å². The molecule has 0 bridgehead atoms. The van der Waals surface area contributed by atoms with Gasteiger partial charge < -0.3 is 5.32 Å². The molecule has 1 fully saturated rings. The Kier molecular flexibility index (Phi) is 2.45. The van der Waals surface area contributed by atoms with Crippen LogP contribution >= 0.6 is 11.6 Å². The highest BCUT2D eigenvalue weighted by molar-refractivity contribution is 6.31. The maximum Gasteiger partial charge on any atom is 0.289 e. The highest BCUT2D eigenvalue weighted by atomic mass is 35.5. The summed E-state index contributed by atoms with van der Waals surface area (Å²) in [6.45, 7) is 0.657. The van der Waals surface area contributed by atoms with E-state index in [0.717, 1.165) is 0 Å². The first-order chi connectivity index (χ1) is 6.62. The highest BCUT2D eigenvalue weighted by Gasteiger charge is 2.45. The largest absolute Gasteiger partial charge is 0.308 e. The second-order valence-electron chi connectivity index (χ2n) is 3.40. The Balaban J connectivity index is 2.32. The van der Waals surface area contributed by atoms with Crippen molar-refractivity contribution in [3.05, 3.63) is 34.9 Å². The zero-order chi connectivity index (χ0) is 10.2. The van der Waals surface area contributed by atoms with Crippen LogP contribution in [0.25, 0.3) is 0 Å². The van der Waals surface area contributed by atoms with E-state index in [1.165, 1.54) is 12.1 Å². The fourth-order valence-electron chi connectivity index (χ4n) is 1.52. The molecule has 0 amide bonds. The van der Waals surface area contributed by atoms with E-state index in [1.807, 2.05) is 0 Å². The quantitative estimate of drug-likeness (QED) is 0.803. The van der Waals surface area contributed by atoms with Gasteiger partial charge in [-0.3, -0.25) is 0 Å². The SMILES string of the molecule is FC(F)(c1ccccc1Cl)C1CCN1. The average Bonchev–Trinajstić information content (AvgIpc) is 2.00. The standard InChI is InChI=1S/C10H10ClF2N/c11-8-4-2-1-3-7(8)10(12,13)9-5-6-14-9/h1-4,9,14H,5-6H2. The maximum atomic E-state index is 13.7. The van der Waals surface area contributed by atoms with Gasteiger partial charge in [-0.05, 0) is 19.0 Å². The molecule has 1 aromatic carbocycles. The van der Waals surface area contributed by atoms with Crippen LogP contribution in [0.3, 0.4) is 0 Å². The van der Waals surface area contributed by atoms with E-state index >= 15 is 0 Å². The number of nitrogens with one attached hydrogen (secondary N) is 1. The van der Waals surface area contributed by atoms with Gasteiger partial charge in [0.25, 0.3) is 5.92 Å². The summed E-state index contributed by atoms with van der Waals surface area (Å²) in [7, 11) is 0. The van der Waals surface area contributed by atoms with Gasteiger partial charge in [-0.2, -0.15) is 8.78 Å². The van der Waals surface area contributed by atoms with Gasteiger partial charge in [-0.15, -0.1) is 0 Å². The van der Waals surface area contributed by atoms with Gasteiger partial charge in [0.15, 0.2) is 0 Å². The molecule has 1 N–H and O–H groups in total. The molecule has 14 heavy (non-hydrogen) atoms. The van der Waals surface area contributed by atoms with Crippen molar-refractivity contribution in [2.45, 2.75) is 18.4 Å². The monoisotopic (exact) mass is 217 g/mol. The van der Waals surface area contributed by atoms with Crippen molar-refractivity contribution < 1.29 is 8.78 Å². The van der Waals surface area contributed by atoms with E-state index in [-0.39, 0.29) is 10.6 Å². The van der Waals surface area contributed by atoms with Crippen LogP contribution in [0.15, 0.2) is 24.3 Å². The molecule has 1 saturated heterocycles. The molecule has 0 aromatic heterocycles. The highest BCUT2D eigenvalue weighted by Crippen LogP contribution is 2.39. The van der Waals surface area contributed by atoms with Gasteiger partial charge in [0.1, 0.15) is 0 Å². The van der Waals surface area contributed by atoms with Crippen molar-refractivity contribution in [3.63, 3.8) is 0 Å². The Hall–Kier alpha value is -0.670. The number of hydrogen-bond acceptors (Lipinski definition) is 1. The van der Waals surface area contributed by atoms with Crippen LogP contribution in [0.5, 0.6) is 0 Å². The van der Waals surface area contributed by atoms with Gasteiger partial charge in [0.05, 0.1) is 6.04 Å². The van der Waals surface area contributed by atoms with Crippen LogP contribution in [0, 0.1) is 0 Å². The molecule has 4 heteroatoms. The Morgan fingerprint density at radius 1 is 1.36 bits per heavy atom. The van der Waals surface area contributed by atoms with Crippen LogP contribution in [0.1, 0.15) is 12.0 Å². The van der Waals surface area contributed by atoms with Crippen molar-refractivity contribution in [3.8, 4) is 0 Å². The molecule has 2 rings (SSSR count). The van der Waals surface area contributed by atoms with Crippen molar-refractivity contribution >= 4 is 11.6 Å². The van der Waals surface area contributed by atoms with E-state index in [1.54, 1.807) is 12.1 Å². The van der Waals surface area contributed by atoms with Gasteiger partial charge >= 0.3 is 0 Å². The van der Waals surface area contributed by atoms with Crippen molar-refractivity contribution in [1.82, 2.24) is 5.32 Å². The van der Waals surface area contributed by atoms with E-state index < -0.39 is 12.0 Å². The number of rotatable bonds is 2. The first-order valence-corrected chi connectivity index (χ1v) is 4.86.